The summed E-state index contributed by atoms with van der Waals surface area (Å²) >= 11 is 11.3. The van der Waals surface area contributed by atoms with Gasteiger partial charge in [-0.05, 0) is 18.2 Å². The van der Waals surface area contributed by atoms with Gasteiger partial charge >= 0.3 is 5.97 Å². The molecule has 0 fully saturated rings. The van der Waals surface area contributed by atoms with Gasteiger partial charge in [-0.3, -0.25) is 14.9 Å². The lowest BCUT2D eigenvalue weighted by molar-refractivity contribution is -0.384. The van der Waals surface area contributed by atoms with Crippen molar-refractivity contribution in [2.75, 3.05) is 19.0 Å². The van der Waals surface area contributed by atoms with Gasteiger partial charge in [0, 0.05) is 6.07 Å². The van der Waals surface area contributed by atoms with Crippen LogP contribution in [0.15, 0.2) is 30.3 Å². The zero-order valence-corrected chi connectivity index (χ0v) is 15.1. The van der Waals surface area contributed by atoms with Crippen LogP contribution in [0, 0.1) is 15.9 Å². The number of hydrogen-bond acceptors (Lipinski definition) is 6. The number of amides is 1. The van der Waals surface area contributed by atoms with Gasteiger partial charge in [0.15, 0.2) is 6.61 Å². The molecule has 27 heavy (non-hydrogen) atoms. The minimum Gasteiger partial charge on any atom is -0.494 e. The number of esters is 1. The average molecular weight is 417 g/mol. The number of nitro groups is 1. The van der Waals surface area contributed by atoms with E-state index in [4.69, 9.17) is 32.7 Å². The number of methoxy groups -OCH3 is 1. The summed E-state index contributed by atoms with van der Waals surface area (Å²) in [6.45, 7) is -0.709. The monoisotopic (exact) mass is 416 g/mol. The van der Waals surface area contributed by atoms with Crippen molar-refractivity contribution in [3.63, 3.8) is 0 Å². The third kappa shape index (κ3) is 5.05. The molecule has 0 spiro atoms. The molecule has 2 aromatic carbocycles. The van der Waals surface area contributed by atoms with Crippen LogP contribution in [0.5, 0.6) is 5.75 Å². The number of non-ortho nitro benzene ring substituents is 1. The first-order valence-electron chi connectivity index (χ1n) is 7.17. The van der Waals surface area contributed by atoms with E-state index >= 15 is 0 Å². The van der Waals surface area contributed by atoms with Crippen LogP contribution >= 0.6 is 23.2 Å². The Hall–Kier alpha value is -2.91. The molecule has 11 heteroatoms. The van der Waals surface area contributed by atoms with E-state index in [2.05, 4.69) is 5.32 Å². The van der Waals surface area contributed by atoms with E-state index < -0.39 is 29.2 Å². The van der Waals surface area contributed by atoms with Crippen molar-refractivity contribution in [2.45, 2.75) is 0 Å². The molecular formula is C16H11Cl2FN2O6. The molecule has 0 heterocycles. The number of nitro benzene ring substituents is 1. The van der Waals surface area contributed by atoms with Crippen LogP contribution in [-0.2, 0) is 9.53 Å². The van der Waals surface area contributed by atoms with Crippen molar-refractivity contribution in [2.24, 2.45) is 0 Å². The molecule has 0 atom stereocenters. The summed E-state index contributed by atoms with van der Waals surface area (Å²) in [5.41, 5.74) is -0.380. The van der Waals surface area contributed by atoms with Gasteiger partial charge in [0.25, 0.3) is 11.6 Å². The number of halogens is 3. The van der Waals surface area contributed by atoms with Crippen molar-refractivity contribution < 1.29 is 28.4 Å². The molecule has 1 N–H and O–H groups in total. The Labute approximate surface area is 161 Å². The SMILES string of the molecule is COc1cc([N+](=O)[O-])ccc1NC(=O)COC(=O)c1cc(F)c(Cl)cc1Cl. The van der Waals surface area contributed by atoms with E-state index in [9.17, 15) is 24.1 Å². The molecule has 2 rings (SSSR count). The van der Waals surface area contributed by atoms with Crippen LogP contribution in [0.4, 0.5) is 15.8 Å². The number of nitrogens with one attached hydrogen (secondary N) is 1. The van der Waals surface area contributed by atoms with Crippen molar-refractivity contribution >= 4 is 46.5 Å². The number of benzene rings is 2. The lowest BCUT2D eigenvalue weighted by Gasteiger charge is -2.11. The summed E-state index contributed by atoms with van der Waals surface area (Å²) in [7, 11) is 1.27. The third-order valence-corrected chi connectivity index (χ3v) is 3.84. The molecule has 0 aliphatic heterocycles. The average Bonchev–Trinajstić information content (AvgIpc) is 2.62. The number of rotatable bonds is 6. The van der Waals surface area contributed by atoms with Crippen molar-refractivity contribution in [3.05, 3.63) is 61.9 Å². The molecule has 0 saturated carbocycles. The second-order valence-corrected chi connectivity index (χ2v) is 5.83. The van der Waals surface area contributed by atoms with Crippen molar-refractivity contribution in [1.29, 1.82) is 0 Å². The van der Waals surface area contributed by atoms with E-state index in [1.807, 2.05) is 0 Å². The molecular weight excluding hydrogens is 406 g/mol. The van der Waals surface area contributed by atoms with E-state index in [0.29, 0.717) is 0 Å². The van der Waals surface area contributed by atoms with Gasteiger partial charge in [0.2, 0.25) is 0 Å². The zero-order chi connectivity index (χ0) is 20.1. The Bertz CT molecular complexity index is 922. The van der Waals surface area contributed by atoms with E-state index in [1.165, 1.54) is 19.2 Å². The van der Waals surface area contributed by atoms with Crippen molar-refractivity contribution in [3.8, 4) is 5.75 Å². The standard InChI is InChI=1S/C16H11Cl2FN2O6/c1-26-14-4-8(21(24)25)2-3-13(14)20-15(22)7-27-16(23)9-5-12(19)11(18)6-10(9)17/h2-6H,7H2,1H3,(H,20,22). The van der Waals surface area contributed by atoms with Crippen LogP contribution < -0.4 is 10.1 Å². The normalized spacial score (nSPS) is 10.2. The second kappa shape index (κ2) is 8.65. The largest absolute Gasteiger partial charge is 0.494 e. The molecule has 0 aliphatic carbocycles. The molecule has 1 amide bonds. The third-order valence-electron chi connectivity index (χ3n) is 3.23. The molecule has 0 unspecified atom stereocenters. The highest BCUT2D eigenvalue weighted by Crippen LogP contribution is 2.29. The molecule has 0 bridgehead atoms. The molecule has 0 radical (unpaired) electrons. The summed E-state index contributed by atoms with van der Waals surface area (Å²) < 4.78 is 23.2. The summed E-state index contributed by atoms with van der Waals surface area (Å²) in [6, 6.07) is 5.39. The van der Waals surface area contributed by atoms with Gasteiger partial charge < -0.3 is 14.8 Å². The summed E-state index contributed by atoms with van der Waals surface area (Å²) in [4.78, 5) is 34.0. The van der Waals surface area contributed by atoms with Gasteiger partial charge in [-0.1, -0.05) is 23.2 Å². The van der Waals surface area contributed by atoms with Crippen molar-refractivity contribution in [1.82, 2.24) is 0 Å². The highest BCUT2D eigenvalue weighted by Gasteiger charge is 2.18. The predicted molar refractivity (Wildman–Crippen MR) is 95.0 cm³/mol. The lowest BCUT2D eigenvalue weighted by Crippen LogP contribution is -2.21. The van der Waals surface area contributed by atoms with Crippen LogP contribution in [0.3, 0.4) is 0 Å². The molecule has 142 valence electrons. The number of hydrogen-bond donors (Lipinski definition) is 1. The van der Waals surface area contributed by atoms with E-state index in [1.54, 1.807) is 0 Å². The number of nitrogens with zero attached hydrogens (tertiary/aromatic N) is 1. The minimum atomic E-state index is -1.03. The van der Waals surface area contributed by atoms with Gasteiger partial charge in [-0.25, -0.2) is 9.18 Å². The summed E-state index contributed by atoms with van der Waals surface area (Å²) in [6.07, 6.45) is 0. The topological polar surface area (TPSA) is 108 Å². The minimum absolute atomic E-state index is 0.0479. The fraction of sp³-hybridized carbons (Fsp3) is 0.125. The summed E-state index contributed by atoms with van der Waals surface area (Å²) in [5.74, 6) is -2.60. The molecule has 8 nitrogen and oxygen atoms in total. The quantitative estimate of drug-likeness (QED) is 0.331. The maximum atomic E-state index is 13.4. The van der Waals surface area contributed by atoms with E-state index in [-0.39, 0.29) is 32.7 Å². The van der Waals surface area contributed by atoms with Crippen LogP contribution in [0.25, 0.3) is 0 Å². The summed E-state index contributed by atoms with van der Waals surface area (Å²) in [5, 5.41) is 12.7. The Morgan fingerprint density at radius 2 is 1.93 bits per heavy atom. The first-order valence-corrected chi connectivity index (χ1v) is 7.92. The van der Waals surface area contributed by atoms with E-state index in [0.717, 1.165) is 18.2 Å². The zero-order valence-electron chi connectivity index (χ0n) is 13.6. The maximum Gasteiger partial charge on any atom is 0.340 e. The first kappa shape index (κ1) is 20.4. The van der Waals surface area contributed by atoms with Crippen LogP contribution in [-0.4, -0.2) is 30.5 Å². The predicted octanol–water partition coefficient (Wildman–Crippen LogP) is 3.84. The number of carbonyl (C=O) groups excluding carboxylic acids is 2. The van der Waals surface area contributed by atoms with Gasteiger partial charge in [-0.15, -0.1) is 0 Å². The van der Waals surface area contributed by atoms with Crippen LogP contribution in [0.1, 0.15) is 10.4 Å². The fourth-order valence-electron chi connectivity index (χ4n) is 1.97. The van der Waals surface area contributed by atoms with Gasteiger partial charge in [0.1, 0.15) is 11.6 Å². The lowest BCUT2D eigenvalue weighted by atomic mass is 10.2. The highest BCUT2D eigenvalue weighted by molar-refractivity contribution is 6.36. The van der Waals surface area contributed by atoms with Crippen LogP contribution in [0.2, 0.25) is 10.0 Å². The number of ether oxygens (including phenoxy) is 2. The maximum absolute atomic E-state index is 13.4. The highest BCUT2D eigenvalue weighted by atomic mass is 35.5. The van der Waals surface area contributed by atoms with Gasteiger partial charge in [-0.2, -0.15) is 0 Å². The molecule has 2 aromatic rings. The smallest absolute Gasteiger partial charge is 0.340 e. The molecule has 0 aliphatic rings. The fourth-order valence-corrected chi connectivity index (χ4v) is 2.43. The Morgan fingerprint density at radius 1 is 1.22 bits per heavy atom. The molecule has 0 saturated heterocycles. The first-order chi connectivity index (χ1) is 12.7. The Kier molecular flexibility index (Phi) is 6.54. The Balaban J connectivity index is 2.03. The Morgan fingerprint density at radius 3 is 2.56 bits per heavy atom. The number of anilines is 1. The van der Waals surface area contributed by atoms with Gasteiger partial charge in [0.05, 0.1) is 39.4 Å². The number of carbonyl (C=O) groups is 2. The molecule has 0 aromatic heterocycles. The second-order valence-electron chi connectivity index (χ2n) is 5.01.